The first kappa shape index (κ1) is 18.0. The molecular formula is C14H19N3O4S. The van der Waals surface area contributed by atoms with Crippen molar-refractivity contribution in [3.05, 3.63) is 29.3 Å². The second-order valence-corrected chi connectivity index (χ2v) is 5.74. The van der Waals surface area contributed by atoms with E-state index in [-0.39, 0.29) is 12.3 Å². The molecule has 0 fully saturated rings. The van der Waals surface area contributed by atoms with Gasteiger partial charge in [0.15, 0.2) is 0 Å². The fourth-order valence-corrected chi connectivity index (χ4v) is 1.97. The molecule has 120 valence electrons. The Bertz CT molecular complexity index is 602. The average Bonchev–Trinajstić information content (AvgIpc) is 2.40. The first-order valence-corrected chi connectivity index (χ1v) is 6.95. The highest BCUT2D eigenvalue weighted by Gasteiger charge is 2.32. The minimum absolute atomic E-state index is 0.113. The zero-order chi connectivity index (χ0) is 16.9. The van der Waals surface area contributed by atoms with Crippen molar-refractivity contribution in [1.82, 2.24) is 5.32 Å². The summed E-state index contributed by atoms with van der Waals surface area (Å²) in [7, 11) is 1.56. The fourth-order valence-electron chi connectivity index (χ4n) is 1.78. The Kier molecular flexibility index (Phi) is 5.95. The molecule has 0 aromatic heterocycles. The summed E-state index contributed by atoms with van der Waals surface area (Å²) in [5.41, 5.74) is 7.68. The van der Waals surface area contributed by atoms with Gasteiger partial charge in [0.05, 0.1) is 12.8 Å². The highest BCUT2D eigenvalue weighted by molar-refractivity contribution is 7.82. The first-order chi connectivity index (χ1) is 10.2. The number of likely N-dealkylation sites (N-methyl/N-ethyl adjacent to an activating group) is 1. The van der Waals surface area contributed by atoms with Crippen molar-refractivity contribution in [2.75, 3.05) is 12.4 Å². The highest BCUT2D eigenvalue weighted by Crippen LogP contribution is 2.19. The van der Waals surface area contributed by atoms with Crippen molar-refractivity contribution in [2.45, 2.75) is 24.6 Å². The molecular weight excluding hydrogens is 306 g/mol. The zero-order valence-corrected chi connectivity index (χ0v) is 13.2. The molecule has 1 unspecified atom stereocenters. The summed E-state index contributed by atoms with van der Waals surface area (Å²) >= 11 is 3.89. The maximum Gasteiger partial charge on any atom is 0.306 e. The van der Waals surface area contributed by atoms with Crippen LogP contribution in [0.25, 0.3) is 0 Å². The number of anilines is 1. The van der Waals surface area contributed by atoms with Gasteiger partial charge in [0.25, 0.3) is 5.91 Å². The smallest absolute Gasteiger partial charge is 0.306 e. The van der Waals surface area contributed by atoms with E-state index in [1.807, 2.05) is 6.92 Å². The third-order valence-electron chi connectivity index (χ3n) is 3.04. The standard InChI is InChI=1S/C14H19N3O4S/c1-8-5-10(4-3-9(8)6-11(18)16-2)17-13(21)14(15,22)7-12(19)20/h3-5,22H,6-7,15H2,1-2H3,(H,16,18)(H,17,21)(H,19,20). The Hall–Kier alpha value is -2.06. The van der Waals surface area contributed by atoms with Crippen molar-refractivity contribution >= 4 is 36.1 Å². The third kappa shape index (κ3) is 5.05. The van der Waals surface area contributed by atoms with Crippen LogP contribution < -0.4 is 16.4 Å². The van der Waals surface area contributed by atoms with Crippen molar-refractivity contribution in [3.63, 3.8) is 0 Å². The minimum atomic E-state index is -1.81. The molecule has 0 aliphatic rings. The van der Waals surface area contributed by atoms with Crippen LogP contribution in [-0.2, 0) is 20.8 Å². The van der Waals surface area contributed by atoms with Gasteiger partial charge in [-0.15, -0.1) is 12.6 Å². The molecule has 2 amide bonds. The molecule has 1 aromatic carbocycles. The molecule has 22 heavy (non-hydrogen) atoms. The SMILES string of the molecule is CNC(=O)Cc1ccc(NC(=O)C(N)(S)CC(=O)O)cc1C. The van der Waals surface area contributed by atoms with Crippen molar-refractivity contribution < 1.29 is 19.5 Å². The Morgan fingerprint density at radius 1 is 1.36 bits per heavy atom. The number of nitrogens with one attached hydrogen (secondary N) is 2. The summed E-state index contributed by atoms with van der Waals surface area (Å²) in [6, 6.07) is 5.02. The fraction of sp³-hybridized carbons (Fsp3) is 0.357. The van der Waals surface area contributed by atoms with E-state index in [4.69, 9.17) is 10.8 Å². The molecule has 7 nitrogen and oxygen atoms in total. The summed E-state index contributed by atoms with van der Waals surface area (Å²) in [6.07, 6.45) is -0.362. The topological polar surface area (TPSA) is 122 Å². The molecule has 8 heteroatoms. The number of hydrogen-bond donors (Lipinski definition) is 5. The van der Waals surface area contributed by atoms with Crippen LogP contribution >= 0.6 is 12.6 Å². The number of carbonyl (C=O) groups is 3. The lowest BCUT2D eigenvalue weighted by Gasteiger charge is -2.20. The predicted molar refractivity (Wildman–Crippen MR) is 85.7 cm³/mol. The van der Waals surface area contributed by atoms with Crippen LogP contribution in [0.15, 0.2) is 18.2 Å². The van der Waals surface area contributed by atoms with Gasteiger partial charge in [-0.1, -0.05) is 6.07 Å². The number of nitrogens with two attached hydrogens (primary N) is 1. The molecule has 1 aromatic rings. The Morgan fingerprint density at radius 3 is 2.50 bits per heavy atom. The van der Waals surface area contributed by atoms with Crippen LogP contribution in [0.4, 0.5) is 5.69 Å². The highest BCUT2D eigenvalue weighted by atomic mass is 32.1. The first-order valence-electron chi connectivity index (χ1n) is 6.50. The number of hydrogen-bond acceptors (Lipinski definition) is 5. The number of aryl methyl sites for hydroxylation is 1. The van der Waals surface area contributed by atoms with Crippen molar-refractivity contribution in [1.29, 1.82) is 0 Å². The molecule has 0 aliphatic carbocycles. The number of carboxylic acid groups (broad SMARTS) is 1. The summed E-state index contributed by atoms with van der Waals surface area (Å²) < 4.78 is 0. The van der Waals surface area contributed by atoms with Crippen molar-refractivity contribution in [3.8, 4) is 0 Å². The molecule has 5 N–H and O–H groups in total. The number of thiol groups is 1. The molecule has 0 saturated heterocycles. The predicted octanol–water partition coefficient (Wildman–Crippen LogP) is 0.282. The van der Waals surface area contributed by atoms with Crippen LogP contribution in [0.2, 0.25) is 0 Å². The van der Waals surface area contributed by atoms with Crippen LogP contribution in [0.3, 0.4) is 0 Å². The van der Waals surface area contributed by atoms with Gasteiger partial charge in [-0.3, -0.25) is 14.4 Å². The molecule has 1 rings (SSSR count). The van der Waals surface area contributed by atoms with Gasteiger partial charge < -0.3 is 21.5 Å². The van der Waals surface area contributed by atoms with E-state index >= 15 is 0 Å². The molecule has 0 spiro atoms. The number of benzene rings is 1. The second-order valence-electron chi connectivity index (χ2n) is 4.94. The Labute approximate surface area is 133 Å². The Morgan fingerprint density at radius 2 is 2.00 bits per heavy atom. The van der Waals surface area contributed by atoms with Crippen LogP contribution in [0.1, 0.15) is 17.5 Å². The number of carboxylic acids is 1. The normalized spacial score (nSPS) is 13.1. The lowest BCUT2D eigenvalue weighted by Crippen LogP contribution is -2.47. The molecule has 0 saturated carbocycles. The molecule has 0 aliphatic heterocycles. The summed E-state index contributed by atoms with van der Waals surface area (Å²) in [4.78, 5) is 32.2. The third-order valence-corrected chi connectivity index (χ3v) is 3.41. The van der Waals surface area contributed by atoms with Crippen LogP contribution in [0, 0.1) is 6.92 Å². The molecule has 1 atom stereocenters. The van der Waals surface area contributed by atoms with Gasteiger partial charge >= 0.3 is 5.97 Å². The van der Waals surface area contributed by atoms with Gasteiger partial charge in [0.2, 0.25) is 5.91 Å². The van der Waals surface area contributed by atoms with Crippen molar-refractivity contribution in [2.24, 2.45) is 5.73 Å². The lowest BCUT2D eigenvalue weighted by atomic mass is 10.0. The average molecular weight is 325 g/mol. The second kappa shape index (κ2) is 7.28. The summed E-state index contributed by atoms with van der Waals surface area (Å²) in [5, 5.41) is 13.8. The van der Waals surface area contributed by atoms with Gasteiger partial charge in [-0.25, -0.2) is 0 Å². The van der Waals surface area contributed by atoms with E-state index in [2.05, 4.69) is 23.3 Å². The molecule has 0 radical (unpaired) electrons. The number of amides is 2. The van der Waals surface area contributed by atoms with E-state index in [9.17, 15) is 14.4 Å². The maximum absolute atomic E-state index is 12.0. The number of carbonyl (C=O) groups excluding carboxylic acids is 2. The van der Waals surface area contributed by atoms with E-state index in [1.165, 1.54) is 0 Å². The lowest BCUT2D eigenvalue weighted by molar-refractivity contribution is -0.139. The largest absolute Gasteiger partial charge is 0.481 e. The van der Waals surface area contributed by atoms with Gasteiger partial charge in [-0.05, 0) is 30.2 Å². The van der Waals surface area contributed by atoms with Gasteiger partial charge in [-0.2, -0.15) is 0 Å². The summed E-state index contributed by atoms with van der Waals surface area (Å²) in [6.45, 7) is 1.81. The molecule has 0 heterocycles. The van der Waals surface area contributed by atoms with Gasteiger partial charge in [0.1, 0.15) is 4.87 Å². The minimum Gasteiger partial charge on any atom is -0.481 e. The maximum atomic E-state index is 12.0. The quantitative estimate of drug-likeness (QED) is 0.380. The van der Waals surface area contributed by atoms with E-state index in [0.717, 1.165) is 11.1 Å². The Balaban J connectivity index is 2.83. The van der Waals surface area contributed by atoms with Crippen LogP contribution in [-0.4, -0.2) is 34.8 Å². The van der Waals surface area contributed by atoms with E-state index in [0.29, 0.717) is 5.69 Å². The number of rotatable bonds is 6. The number of aliphatic carboxylic acids is 1. The monoisotopic (exact) mass is 325 g/mol. The molecule has 0 bridgehead atoms. The van der Waals surface area contributed by atoms with Gasteiger partial charge in [0, 0.05) is 12.7 Å². The zero-order valence-electron chi connectivity index (χ0n) is 12.3. The summed E-state index contributed by atoms with van der Waals surface area (Å²) in [5.74, 6) is -2.04. The van der Waals surface area contributed by atoms with Crippen LogP contribution in [0.5, 0.6) is 0 Å². The van der Waals surface area contributed by atoms with E-state index < -0.39 is 23.2 Å². The van der Waals surface area contributed by atoms with E-state index in [1.54, 1.807) is 25.2 Å².